The van der Waals surface area contributed by atoms with Crippen LogP contribution in [0.5, 0.6) is 0 Å². The summed E-state index contributed by atoms with van der Waals surface area (Å²) in [7, 11) is 0. The molecule has 106 valence electrons. The number of hydrogen-bond donors (Lipinski definition) is 2. The predicted octanol–water partition coefficient (Wildman–Crippen LogP) is 2.81. The van der Waals surface area contributed by atoms with E-state index in [0.717, 1.165) is 30.4 Å². The lowest BCUT2D eigenvalue weighted by Gasteiger charge is -2.05. The SMILES string of the molecule is O=C(CCCn1c(=S)[nH]c2cc(Cl)cnc21)NC1CC1. The Bertz CT molecular complexity index is 704. The summed E-state index contributed by atoms with van der Waals surface area (Å²) in [5.41, 5.74) is 1.60. The number of hydrogen-bond acceptors (Lipinski definition) is 3. The smallest absolute Gasteiger partial charge is 0.220 e. The van der Waals surface area contributed by atoms with E-state index < -0.39 is 0 Å². The number of nitrogens with zero attached hydrogens (tertiary/aromatic N) is 2. The molecule has 2 heterocycles. The fraction of sp³-hybridized carbons (Fsp3) is 0.462. The average Bonchev–Trinajstić information content (AvgIpc) is 3.14. The number of H-pyrrole nitrogens is 1. The molecule has 7 heteroatoms. The molecule has 0 bridgehead atoms. The molecule has 2 aromatic heterocycles. The molecule has 0 aromatic carbocycles. The van der Waals surface area contributed by atoms with Crippen molar-refractivity contribution in [2.75, 3.05) is 0 Å². The molecular formula is C13H15ClN4OS. The van der Waals surface area contributed by atoms with Crippen LogP contribution in [0.2, 0.25) is 5.02 Å². The van der Waals surface area contributed by atoms with Crippen LogP contribution in [0.1, 0.15) is 25.7 Å². The topological polar surface area (TPSA) is 62.7 Å². The number of carbonyl (C=O) groups excluding carboxylic acids is 1. The molecule has 0 atom stereocenters. The number of carbonyl (C=O) groups is 1. The summed E-state index contributed by atoms with van der Waals surface area (Å²) in [6.07, 6.45) is 5.08. The van der Waals surface area contributed by atoms with E-state index in [-0.39, 0.29) is 5.91 Å². The summed E-state index contributed by atoms with van der Waals surface area (Å²) >= 11 is 11.2. The predicted molar refractivity (Wildman–Crippen MR) is 80.3 cm³/mol. The normalized spacial score (nSPS) is 14.7. The van der Waals surface area contributed by atoms with Gasteiger partial charge in [-0.25, -0.2) is 4.98 Å². The highest BCUT2D eigenvalue weighted by atomic mass is 35.5. The molecule has 1 aliphatic rings. The van der Waals surface area contributed by atoms with Gasteiger partial charge in [-0.2, -0.15) is 0 Å². The van der Waals surface area contributed by atoms with Gasteiger partial charge in [0.2, 0.25) is 5.91 Å². The number of fused-ring (bicyclic) bond motifs is 1. The Balaban J connectivity index is 1.66. The molecule has 1 amide bonds. The van der Waals surface area contributed by atoms with Crippen LogP contribution in [0.3, 0.4) is 0 Å². The first kappa shape index (κ1) is 13.6. The lowest BCUT2D eigenvalue weighted by atomic mass is 10.3. The number of amides is 1. The van der Waals surface area contributed by atoms with E-state index in [1.165, 1.54) is 0 Å². The first-order valence-electron chi connectivity index (χ1n) is 6.67. The lowest BCUT2D eigenvalue weighted by molar-refractivity contribution is -0.121. The summed E-state index contributed by atoms with van der Waals surface area (Å²) < 4.78 is 2.52. The molecule has 1 fully saturated rings. The average molecular weight is 311 g/mol. The molecule has 1 aliphatic carbocycles. The number of rotatable bonds is 5. The maximum absolute atomic E-state index is 11.6. The van der Waals surface area contributed by atoms with E-state index in [0.29, 0.717) is 28.8 Å². The van der Waals surface area contributed by atoms with Crippen molar-refractivity contribution in [1.29, 1.82) is 0 Å². The zero-order valence-electron chi connectivity index (χ0n) is 10.9. The Morgan fingerprint density at radius 2 is 2.40 bits per heavy atom. The summed E-state index contributed by atoms with van der Waals surface area (Å²) in [6, 6.07) is 2.22. The molecule has 2 aromatic rings. The Hall–Kier alpha value is -1.40. The third kappa shape index (κ3) is 3.02. The van der Waals surface area contributed by atoms with Gasteiger partial charge in [-0.05, 0) is 37.5 Å². The molecule has 5 nitrogen and oxygen atoms in total. The fourth-order valence-corrected chi connectivity index (χ4v) is 2.60. The minimum atomic E-state index is 0.120. The molecule has 0 unspecified atom stereocenters. The second-order valence-electron chi connectivity index (χ2n) is 5.05. The van der Waals surface area contributed by atoms with Gasteiger partial charge in [0.05, 0.1) is 10.5 Å². The number of nitrogens with one attached hydrogen (secondary N) is 2. The van der Waals surface area contributed by atoms with Gasteiger partial charge in [0.25, 0.3) is 0 Å². The summed E-state index contributed by atoms with van der Waals surface area (Å²) in [4.78, 5) is 19.0. The summed E-state index contributed by atoms with van der Waals surface area (Å²) in [5, 5.41) is 3.55. The summed E-state index contributed by atoms with van der Waals surface area (Å²) in [5.74, 6) is 0.120. The van der Waals surface area contributed by atoms with Crippen LogP contribution in [0, 0.1) is 4.77 Å². The van der Waals surface area contributed by atoms with Crippen LogP contribution >= 0.6 is 23.8 Å². The highest BCUT2D eigenvalue weighted by Gasteiger charge is 2.22. The van der Waals surface area contributed by atoms with Gasteiger partial charge in [0.15, 0.2) is 10.4 Å². The van der Waals surface area contributed by atoms with Crippen molar-refractivity contribution >= 4 is 40.9 Å². The van der Waals surface area contributed by atoms with Crippen molar-refractivity contribution in [1.82, 2.24) is 19.9 Å². The molecule has 3 rings (SSSR count). The van der Waals surface area contributed by atoms with Crippen LogP contribution < -0.4 is 5.32 Å². The Morgan fingerprint density at radius 1 is 1.60 bits per heavy atom. The zero-order chi connectivity index (χ0) is 14.1. The Labute approximate surface area is 126 Å². The van der Waals surface area contributed by atoms with Gasteiger partial charge in [-0.1, -0.05) is 11.6 Å². The van der Waals surface area contributed by atoms with E-state index in [1.54, 1.807) is 12.3 Å². The number of aromatic amines is 1. The van der Waals surface area contributed by atoms with E-state index in [2.05, 4.69) is 15.3 Å². The molecular weight excluding hydrogens is 296 g/mol. The molecule has 0 spiro atoms. The van der Waals surface area contributed by atoms with Crippen molar-refractivity contribution in [2.45, 2.75) is 38.3 Å². The third-order valence-electron chi connectivity index (χ3n) is 3.30. The van der Waals surface area contributed by atoms with Crippen LogP contribution in [0.4, 0.5) is 0 Å². The number of imidazole rings is 1. The van der Waals surface area contributed by atoms with E-state index in [4.69, 9.17) is 23.8 Å². The van der Waals surface area contributed by atoms with E-state index in [1.807, 2.05) is 4.57 Å². The van der Waals surface area contributed by atoms with Crippen molar-refractivity contribution in [3.8, 4) is 0 Å². The Kier molecular flexibility index (Phi) is 3.76. The number of aromatic nitrogens is 3. The maximum Gasteiger partial charge on any atom is 0.220 e. The molecule has 2 N–H and O–H groups in total. The molecule has 1 saturated carbocycles. The first-order valence-corrected chi connectivity index (χ1v) is 7.45. The second kappa shape index (κ2) is 5.54. The quantitative estimate of drug-likeness (QED) is 0.835. The van der Waals surface area contributed by atoms with Gasteiger partial charge in [0.1, 0.15) is 0 Å². The lowest BCUT2D eigenvalue weighted by Crippen LogP contribution is -2.25. The second-order valence-corrected chi connectivity index (χ2v) is 5.87. The van der Waals surface area contributed by atoms with Gasteiger partial charge in [-0.15, -0.1) is 0 Å². The molecule has 0 radical (unpaired) electrons. The van der Waals surface area contributed by atoms with E-state index in [9.17, 15) is 4.79 Å². The minimum absolute atomic E-state index is 0.120. The van der Waals surface area contributed by atoms with Crippen molar-refractivity contribution in [3.63, 3.8) is 0 Å². The standard InChI is InChI=1S/C13H15ClN4OS/c14-8-6-10-12(15-7-8)18(13(20)17-10)5-1-2-11(19)16-9-3-4-9/h6-7,9H,1-5H2,(H,16,19)(H,17,20). The van der Waals surface area contributed by atoms with Crippen molar-refractivity contribution in [3.05, 3.63) is 22.1 Å². The molecule has 0 aliphatic heterocycles. The van der Waals surface area contributed by atoms with Gasteiger partial charge >= 0.3 is 0 Å². The highest BCUT2D eigenvalue weighted by Crippen LogP contribution is 2.19. The summed E-state index contributed by atoms with van der Waals surface area (Å²) in [6.45, 7) is 0.672. The van der Waals surface area contributed by atoms with Crippen LogP contribution in [0.25, 0.3) is 11.2 Å². The molecule has 20 heavy (non-hydrogen) atoms. The number of aryl methyl sites for hydroxylation is 1. The van der Waals surface area contributed by atoms with Gasteiger partial charge in [0, 0.05) is 25.2 Å². The maximum atomic E-state index is 11.6. The Morgan fingerprint density at radius 3 is 3.15 bits per heavy atom. The zero-order valence-corrected chi connectivity index (χ0v) is 12.4. The van der Waals surface area contributed by atoms with Crippen LogP contribution in [-0.2, 0) is 11.3 Å². The molecule has 0 saturated heterocycles. The third-order valence-corrected chi connectivity index (χ3v) is 3.83. The van der Waals surface area contributed by atoms with Crippen molar-refractivity contribution in [2.24, 2.45) is 0 Å². The van der Waals surface area contributed by atoms with Crippen LogP contribution in [-0.4, -0.2) is 26.5 Å². The van der Waals surface area contributed by atoms with E-state index >= 15 is 0 Å². The number of pyridine rings is 1. The first-order chi connectivity index (χ1) is 9.63. The number of halogens is 1. The highest BCUT2D eigenvalue weighted by molar-refractivity contribution is 7.71. The fourth-order valence-electron chi connectivity index (χ4n) is 2.15. The largest absolute Gasteiger partial charge is 0.353 e. The minimum Gasteiger partial charge on any atom is -0.353 e. The van der Waals surface area contributed by atoms with Gasteiger partial charge in [-0.3, -0.25) is 4.79 Å². The van der Waals surface area contributed by atoms with Crippen molar-refractivity contribution < 1.29 is 4.79 Å². The van der Waals surface area contributed by atoms with Gasteiger partial charge < -0.3 is 14.9 Å². The van der Waals surface area contributed by atoms with Crippen LogP contribution in [0.15, 0.2) is 12.3 Å². The monoisotopic (exact) mass is 310 g/mol.